The predicted octanol–water partition coefficient (Wildman–Crippen LogP) is 7.05. The molecule has 0 radical (unpaired) electrons. The Labute approximate surface area is 161 Å². The van der Waals surface area contributed by atoms with Crippen molar-refractivity contribution >= 4 is 0 Å². The van der Waals surface area contributed by atoms with Crippen molar-refractivity contribution in [2.45, 2.75) is 95.7 Å². The average molecular weight is 352 g/mol. The van der Waals surface area contributed by atoms with Gasteiger partial charge in [-0.25, -0.2) is 0 Å². The smallest absolute Gasteiger partial charge is 0.0288 e. The summed E-state index contributed by atoms with van der Waals surface area (Å²) in [6, 6.07) is 12.5. The molecule has 0 N–H and O–H groups in total. The summed E-state index contributed by atoms with van der Waals surface area (Å²) in [5, 5.41) is 0. The van der Waals surface area contributed by atoms with Gasteiger partial charge in [0.25, 0.3) is 0 Å². The van der Waals surface area contributed by atoms with Crippen molar-refractivity contribution in [2.75, 3.05) is 0 Å². The third-order valence-electron chi connectivity index (χ3n) is 6.23. The molecule has 142 valence electrons. The first kappa shape index (κ1) is 19.4. The van der Waals surface area contributed by atoms with E-state index in [1.54, 1.807) is 5.57 Å². The Balaban J connectivity index is 1.33. The van der Waals surface area contributed by atoms with Gasteiger partial charge in [-0.05, 0) is 50.5 Å². The van der Waals surface area contributed by atoms with Crippen LogP contribution in [0.15, 0.2) is 54.6 Å². The molecule has 0 saturated carbocycles. The molecule has 2 heterocycles. The highest BCUT2D eigenvalue weighted by Crippen LogP contribution is 2.37. The van der Waals surface area contributed by atoms with Crippen molar-refractivity contribution in [1.29, 1.82) is 0 Å². The van der Waals surface area contributed by atoms with Gasteiger partial charge < -0.3 is 0 Å². The summed E-state index contributed by atoms with van der Waals surface area (Å²) >= 11 is 0. The molecular weight excluding hydrogens is 314 g/mol. The summed E-state index contributed by atoms with van der Waals surface area (Å²) < 4.78 is 0. The maximum absolute atomic E-state index is 3.80. The van der Waals surface area contributed by atoms with E-state index in [0.29, 0.717) is 6.04 Å². The summed E-state index contributed by atoms with van der Waals surface area (Å²) in [5.74, 6) is 0. The standard InChI is InChI=1S/C25H37N/c1-2-3-4-5-6-7-8-9-11-16-23-19-24-17-18-25(20-23)26(24)21-22-14-12-10-13-15-22/h2,10,12-15,19,24-25H,1,3-9,11,16-18,20-21H2. The van der Waals surface area contributed by atoms with Crippen LogP contribution >= 0.6 is 0 Å². The zero-order chi connectivity index (χ0) is 18.0. The third-order valence-corrected chi connectivity index (χ3v) is 6.23. The molecule has 3 rings (SSSR count). The molecule has 1 saturated heterocycles. The van der Waals surface area contributed by atoms with Gasteiger partial charge in [-0.2, -0.15) is 0 Å². The van der Waals surface area contributed by atoms with Gasteiger partial charge >= 0.3 is 0 Å². The van der Waals surface area contributed by atoms with Crippen LogP contribution in [0.3, 0.4) is 0 Å². The minimum atomic E-state index is 0.703. The quantitative estimate of drug-likeness (QED) is 0.288. The zero-order valence-electron chi connectivity index (χ0n) is 16.5. The summed E-state index contributed by atoms with van der Waals surface area (Å²) in [6.45, 7) is 4.93. The fourth-order valence-corrected chi connectivity index (χ4v) is 4.76. The van der Waals surface area contributed by atoms with Crippen LogP contribution < -0.4 is 0 Å². The number of fused-ring (bicyclic) bond motifs is 2. The van der Waals surface area contributed by atoms with Crippen LogP contribution in [0.4, 0.5) is 0 Å². The highest BCUT2D eigenvalue weighted by Gasteiger charge is 2.35. The maximum Gasteiger partial charge on any atom is 0.0288 e. The number of benzene rings is 1. The van der Waals surface area contributed by atoms with Crippen LogP contribution in [0.25, 0.3) is 0 Å². The first-order chi connectivity index (χ1) is 12.9. The van der Waals surface area contributed by atoms with Gasteiger partial charge in [-0.1, -0.05) is 80.2 Å². The van der Waals surface area contributed by atoms with Crippen LogP contribution in [0.1, 0.15) is 82.6 Å². The normalized spacial score (nSPS) is 22.4. The van der Waals surface area contributed by atoms with E-state index in [2.05, 4.69) is 47.9 Å². The molecule has 1 aromatic carbocycles. The lowest BCUT2D eigenvalue weighted by Crippen LogP contribution is -2.37. The zero-order valence-corrected chi connectivity index (χ0v) is 16.5. The van der Waals surface area contributed by atoms with E-state index in [-0.39, 0.29) is 0 Å². The van der Waals surface area contributed by atoms with Gasteiger partial charge in [-0.15, -0.1) is 6.58 Å². The second kappa shape index (κ2) is 10.7. The van der Waals surface area contributed by atoms with Gasteiger partial charge in [0.15, 0.2) is 0 Å². The Kier molecular flexibility index (Phi) is 8.01. The highest BCUT2D eigenvalue weighted by molar-refractivity contribution is 5.21. The van der Waals surface area contributed by atoms with E-state index >= 15 is 0 Å². The van der Waals surface area contributed by atoms with Gasteiger partial charge in [0.1, 0.15) is 0 Å². The van der Waals surface area contributed by atoms with E-state index in [4.69, 9.17) is 0 Å². The molecule has 0 aliphatic carbocycles. The van der Waals surface area contributed by atoms with E-state index in [9.17, 15) is 0 Å². The lowest BCUT2D eigenvalue weighted by molar-refractivity contribution is 0.194. The van der Waals surface area contributed by atoms with Crippen LogP contribution in [0, 0.1) is 0 Å². The molecule has 1 aromatic rings. The Morgan fingerprint density at radius 3 is 2.38 bits per heavy atom. The molecule has 2 atom stereocenters. The van der Waals surface area contributed by atoms with Crippen molar-refractivity contribution < 1.29 is 0 Å². The minimum absolute atomic E-state index is 0.703. The van der Waals surface area contributed by atoms with Crippen molar-refractivity contribution in [1.82, 2.24) is 4.90 Å². The van der Waals surface area contributed by atoms with Gasteiger partial charge in [-0.3, -0.25) is 4.90 Å². The van der Waals surface area contributed by atoms with Crippen LogP contribution in [0.5, 0.6) is 0 Å². The fraction of sp³-hybridized carbons (Fsp3) is 0.600. The third kappa shape index (κ3) is 5.84. The van der Waals surface area contributed by atoms with E-state index in [1.165, 1.54) is 82.6 Å². The summed E-state index contributed by atoms with van der Waals surface area (Å²) in [4.78, 5) is 2.75. The van der Waals surface area contributed by atoms with E-state index in [0.717, 1.165) is 12.6 Å². The molecule has 1 nitrogen and oxygen atoms in total. The minimum Gasteiger partial charge on any atom is -0.289 e. The molecule has 1 fully saturated rings. The molecule has 2 bridgehead atoms. The van der Waals surface area contributed by atoms with E-state index < -0.39 is 0 Å². The monoisotopic (exact) mass is 351 g/mol. The van der Waals surface area contributed by atoms with Crippen molar-refractivity contribution in [3.05, 3.63) is 60.2 Å². The molecule has 2 unspecified atom stereocenters. The summed E-state index contributed by atoms with van der Waals surface area (Å²) in [5.41, 5.74) is 3.22. The molecule has 0 aromatic heterocycles. The number of hydrogen-bond acceptors (Lipinski definition) is 1. The molecule has 1 heteroatoms. The summed E-state index contributed by atoms with van der Waals surface area (Å²) in [7, 11) is 0. The Morgan fingerprint density at radius 1 is 0.923 bits per heavy atom. The second-order valence-electron chi connectivity index (χ2n) is 8.29. The number of unbranched alkanes of at least 4 members (excludes halogenated alkanes) is 7. The Hall–Kier alpha value is -1.34. The van der Waals surface area contributed by atoms with Crippen molar-refractivity contribution in [3.8, 4) is 0 Å². The van der Waals surface area contributed by atoms with E-state index in [1.807, 2.05) is 6.08 Å². The van der Waals surface area contributed by atoms with Crippen LogP contribution in [-0.2, 0) is 6.54 Å². The topological polar surface area (TPSA) is 3.24 Å². The van der Waals surface area contributed by atoms with Gasteiger partial charge in [0, 0.05) is 18.6 Å². The average Bonchev–Trinajstić information content (AvgIpc) is 2.90. The number of hydrogen-bond donors (Lipinski definition) is 0. The van der Waals surface area contributed by atoms with Gasteiger partial charge in [0.2, 0.25) is 0 Å². The fourth-order valence-electron chi connectivity index (χ4n) is 4.76. The Bertz CT molecular complexity index is 559. The number of nitrogens with zero attached hydrogens (tertiary/aromatic N) is 1. The molecule has 26 heavy (non-hydrogen) atoms. The largest absolute Gasteiger partial charge is 0.289 e. The summed E-state index contributed by atoms with van der Waals surface area (Å²) in [6.07, 6.45) is 21.1. The highest BCUT2D eigenvalue weighted by atomic mass is 15.2. The first-order valence-electron chi connectivity index (χ1n) is 11.0. The molecule has 2 aliphatic heterocycles. The molecular formula is C25H37N. The van der Waals surface area contributed by atoms with Crippen LogP contribution in [0.2, 0.25) is 0 Å². The second-order valence-corrected chi connectivity index (χ2v) is 8.29. The van der Waals surface area contributed by atoms with Crippen LogP contribution in [-0.4, -0.2) is 17.0 Å². The van der Waals surface area contributed by atoms with Crippen molar-refractivity contribution in [2.24, 2.45) is 0 Å². The van der Waals surface area contributed by atoms with Crippen molar-refractivity contribution in [3.63, 3.8) is 0 Å². The van der Waals surface area contributed by atoms with Gasteiger partial charge in [0.05, 0.1) is 0 Å². The molecule has 0 spiro atoms. The lowest BCUT2D eigenvalue weighted by atomic mass is 9.95. The lowest BCUT2D eigenvalue weighted by Gasteiger charge is -2.34. The first-order valence-corrected chi connectivity index (χ1v) is 11.0. The molecule has 0 amide bonds. The maximum atomic E-state index is 3.80. The Morgan fingerprint density at radius 2 is 1.65 bits per heavy atom. The number of rotatable bonds is 12. The predicted molar refractivity (Wildman–Crippen MR) is 113 cm³/mol. The molecule has 2 aliphatic rings. The number of allylic oxidation sites excluding steroid dienone is 1. The SMILES string of the molecule is C=CCCCCCCCCCC1=CC2CCC(C1)N2Cc1ccccc1.